The molecule has 22 heavy (non-hydrogen) atoms. The Hall–Kier alpha value is -0.133. The maximum absolute atomic E-state index is 6.08. The number of benzene rings is 1. The fourth-order valence-corrected chi connectivity index (χ4v) is 4.67. The van der Waals surface area contributed by atoms with Crippen molar-refractivity contribution in [2.45, 2.75) is 50.5 Å². The molecule has 1 fully saturated rings. The molecule has 0 bridgehead atoms. The van der Waals surface area contributed by atoms with Crippen molar-refractivity contribution in [2.24, 2.45) is 0 Å². The molecule has 1 aromatic rings. The van der Waals surface area contributed by atoms with E-state index >= 15 is 0 Å². The Kier molecular flexibility index (Phi) is 5.15. The van der Waals surface area contributed by atoms with Crippen molar-refractivity contribution < 1.29 is 14.2 Å². The lowest BCUT2D eigenvalue weighted by Gasteiger charge is -2.35. The lowest BCUT2D eigenvalue weighted by molar-refractivity contribution is -0.200. The minimum Gasteiger partial charge on any atom is -0.494 e. The van der Waals surface area contributed by atoms with Gasteiger partial charge in [-0.15, -0.1) is 33.2 Å². The van der Waals surface area contributed by atoms with Gasteiger partial charge in [0.05, 0.1) is 13.2 Å². The van der Waals surface area contributed by atoms with E-state index in [4.69, 9.17) is 47.4 Å². The second-order valence-corrected chi connectivity index (χ2v) is 15.1. The SMILES string of the molecule is Cl[Si](Cl)(Cl)CCCOc1ccc2c(c1)COC1(CCCC1)O2. The van der Waals surface area contributed by atoms with Gasteiger partial charge in [-0.3, -0.25) is 0 Å². The molecule has 0 aromatic heterocycles. The van der Waals surface area contributed by atoms with Crippen LogP contribution in [0.2, 0.25) is 6.04 Å². The summed E-state index contributed by atoms with van der Waals surface area (Å²) < 4.78 is 17.8. The molecule has 2 aliphatic rings. The van der Waals surface area contributed by atoms with Crippen LogP contribution < -0.4 is 9.47 Å². The van der Waals surface area contributed by atoms with Gasteiger partial charge in [0, 0.05) is 18.4 Å². The first-order chi connectivity index (χ1) is 10.5. The van der Waals surface area contributed by atoms with Gasteiger partial charge >= 0.3 is 6.00 Å². The fourth-order valence-electron chi connectivity index (χ4n) is 2.92. The number of halogens is 3. The second-order valence-electron chi connectivity index (χ2n) is 5.85. The summed E-state index contributed by atoms with van der Waals surface area (Å²) in [5.74, 6) is 1.33. The van der Waals surface area contributed by atoms with E-state index < -0.39 is 6.00 Å². The van der Waals surface area contributed by atoms with Crippen LogP contribution in [0.4, 0.5) is 0 Å². The fraction of sp³-hybridized carbons (Fsp3) is 0.600. The van der Waals surface area contributed by atoms with Crippen LogP contribution in [0, 0.1) is 0 Å². The molecular weight excluding hydrogens is 363 g/mol. The Morgan fingerprint density at radius 3 is 2.68 bits per heavy atom. The summed E-state index contributed by atoms with van der Waals surface area (Å²) in [5.41, 5.74) is 1.03. The third kappa shape index (κ3) is 4.23. The molecule has 3 rings (SSSR count). The molecule has 0 amide bonds. The molecule has 0 N–H and O–H groups in total. The van der Waals surface area contributed by atoms with Gasteiger partial charge in [0.2, 0.25) is 5.79 Å². The van der Waals surface area contributed by atoms with Crippen LogP contribution in [0.3, 0.4) is 0 Å². The van der Waals surface area contributed by atoms with E-state index in [1.807, 2.05) is 18.2 Å². The molecule has 0 radical (unpaired) electrons. The van der Waals surface area contributed by atoms with E-state index in [0.29, 0.717) is 19.3 Å². The van der Waals surface area contributed by atoms with Crippen LogP contribution in [-0.4, -0.2) is 18.4 Å². The van der Waals surface area contributed by atoms with E-state index in [2.05, 4.69) is 0 Å². The summed E-state index contributed by atoms with van der Waals surface area (Å²) in [6, 6.07) is 3.94. The van der Waals surface area contributed by atoms with E-state index in [1.54, 1.807) is 0 Å². The largest absolute Gasteiger partial charge is 0.494 e. The topological polar surface area (TPSA) is 27.7 Å². The number of fused-ring (bicyclic) bond motifs is 1. The lowest BCUT2D eigenvalue weighted by atomic mass is 10.1. The van der Waals surface area contributed by atoms with Crippen molar-refractivity contribution in [3.05, 3.63) is 23.8 Å². The highest BCUT2D eigenvalue weighted by molar-refractivity contribution is 7.64. The minimum atomic E-state index is -2.54. The summed E-state index contributed by atoms with van der Waals surface area (Å²) >= 11 is 17.6. The zero-order chi connectivity index (χ0) is 15.6. The van der Waals surface area contributed by atoms with Crippen molar-refractivity contribution in [1.82, 2.24) is 0 Å². The van der Waals surface area contributed by atoms with Crippen molar-refractivity contribution >= 4 is 39.2 Å². The average molecular weight is 382 g/mol. The molecule has 1 spiro atoms. The highest BCUT2D eigenvalue weighted by Crippen LogP contribution is 2.42. The predicted octanol–water partition coefficient (Wildman–Crippen LogP) is 5.29. The highest BCUT2D eigenvalue weighted by atomic mass is 35.8. The van der Waals surface area contributed by atoms with E-state index in [1.165, 1.54) is 12.8 Å². The van der Waals surface area contributed by atoms with Crippen molar-refractivity contribution in [2.75, 3.05) is 6.61 Å². The quantitative estimate of drug-likeness (QED) is 0.394. The van der Waals surface area contributed by atoms with Gasteiger partial charge in [-0.1, -0.05) is 0 Å². The van der Waals surface area contributed by atoms with Gasteiger partial charge in [-0.05, 0) is 43.5 Å². The summed E-state index contributed by atoms with van der Waals surface area (Å²) in [4.78, 5) is 0. The van der Waals surface area contributed by atoms with Gasteiger partial charge in [-0.2, -0.15) is 0 Å². The maximum Gasteiger partial charge on any atom is 0.341 e. The first kappa shape index (κ1) is 16.7. The van der Waals surface area contributed by atoms with Crippen LogP contribution in [0.5, 0.6) is 11.5 Å². The van der Waals surface area contributed by atoms with E-state index in [9.17, 15) is 0 Å². The Balaban J connectivity index is 1.56. The number of rotatable bonds is 5. The Labute approximate surface area is 145 Å². The summed E-state index contributed by atoms with van der Waals surface area (Å²) in [7, 11) is 0. The maximum atomic E-state index is 6.08. The van der Waals surface area contributed by atoms with E-state index in [0.717, 1.165) is 36.3 Å². The van der Waals surface area contributed by atoms with Gasteiger partial charge in [0.15, 0.2) is 0 Å². The summed E-state index contributed by atoms with van der Waals surface area (Å²) in [6.07, 6.45) is 5.04. The minimum absolute atomic E-state index is 0.385. The van der Waals surface area contributed by atoms with Gasteiger partial charge in [0.1, 0.15) is 11.5 Å². The Bertz CT molecular complexity index is 527. The summed E-state index contributed by atoms with van der Waals surface area (Å²) in [6.45, 7) is 1.12. The Morgan fingerprint density at radius 1 is 1.18 bits per heavy atom. The van der Waals surface area contributed by atoms with Crippen LogP contribution in [0.25, 0.3) is 0 Å². The molecule has 0 saturated heterocycles. The predicted molar refractivity (Wildman–Crippen MR) is 91.3 cm³/mol. The smallest absolute Gasteiger partial charge is 0.341 e. The summed E-state index contributed by atoms with van der Waals surface area (Å²) in [5, 5.41) is 0. The van der Waals surface area contributed by atoms with Crippen LogP contribution in [0.15, 0.2) is 18.2 Å². The van der Waals surface area contributed by atoms with Gasteiger partial charge in [0.25, 0.3) is 0 Å². The van der Waals surface area contributed by atoms with Crippen LogP contribution in [0.1, 0.15) is 37.7 Å². The Morgan fingerprint density at radius 2 is 1.95 bits per heavy atom. The number of hydrogen-bond acceptors (Lipinski definition) is 3. The van der Waals surface area contributed by atoms with Crippen molar-refractivity contribution in [3.8, 4) is 11.5 Å². The molecule has 1 aromatic carbocycles. The van der Waals surface area contributed by atoms with Crippen LogP contribution >= 0.6 is 33.2 Å². The second kappa shape index (κ2) is 6.77. The third-order valence-electron chi connectivity index (χ3n) is 4.06. The molecule has 1 heterocycles. The van der Waals surface area contributed by atoms with Gasteiger partial charge < -0.3 is 14.2 Å². The van der Waals surface area contributed by atoms with Crippen LogP contribution in [-0.2, 0) is 11.3 Å². The number of hydrogen-bond donors (Lipinski definition) is 0. The zero-order valence-corrected chi connectivity index (χ0v) is 15.5. The van der Waals surface area contributed by atoms with Crippen molar-refractivity contribution in [3.63, 3.8) is 0 Å². The van der Waals surface area contributed by atoms with E-state index in [-0.39, 0.29) is 5.79 Å². The zero-order valence-electron chi connectivity index (χ0n) is 12.2. The molecule has 0 atom stereocenters. The molecule has 1 aliphatic heterocycles. The monoisotopic (exact) mass is 380 g/mol. The van der Waals surface area contributed by atoms with Crippen molar-refractivity contribution in [1.29, 1.82) is 0 Å². The molecule has 7 heteroatoms. The normalized spacial score (nSPS) is 19.8. The average Bonchev–Trinajstić information content (AvgIpc) is 2.91. The number of ether oxygens (including phenoxy) is 3. The lowest BCUT2D eigenvalue weighted by Crippen LogP contribution is -2.39. The first-order valence-corrected chi connectivity index (χ1v) is 12.9. The first-order valence-electron chi connectivity index (χ1n) is 7.61. The molecule has 1 aliphatic carbocycles. The third-order valence-corrected chi connectivity index (χ3v) is 6.68. The van der Waals surface area contributed by atoms with Gasteiger partial charge in [-0.25, -0.2) is 0 Å². The molecular formula is C15H19Cl3O3Si. The molecule has 1 saturated carbocycles. The standard InChI is InChI=1S/C15H19Cl3O3Si/c16-22(17,18)9-3-8-19-13-4-5-14-12(10-13)11-20-15(21-14)6-1-2-7-15/h4-5,10H,1-3,6-9,11H2. The molecule has 0 unspecified atom stereocenters. The highest BCUT2D eigenvalue weighted by Gasteiger charge is 2.40. The molecule has 122 valence electrons. The molecule has 3 nitrogen and oxygen atoms in total.